The Morgan fingerprint density at radius 2 is 2.18 bits per heavy atom. The minimum Gasteiger partial charge on any atom is -0.495 e. The lowest BCUT2D eigenvalue weighted by Crippen LogP contribution is -2.22. The predicted octanol–water partition coefficient (Wildman–Crippen LogP) is 1.17. The molecule has 0 bridgehead atoms. The van der Waals surface area contributed by atoms with Gasteiger partial charge in [0.15, 0.2) is 5.75 Å². The van der Waals surface area contributed by atoms with E-state index in [0.29, 0.717) is 5.75 Å². The highest BCUT2D eigenvalue weighted by molar-refractivity contribution is 7.93. The van der Waals surface area contributed by atoms with E-state index in [-0.39, 0.29) is 10.7 Å². The Bertz CT molecular complexity index is 528. The highest BCUT2D eigenvalue weighted by atomic mass is 35.5. The molecule has 8 heteroatoms. The number of anilines is 1. The Morgan fingerprint density at radius 3 is 2.65 bits per heavy atom. The molecule has 94 valence electrons. The van der Waals surface area contributed by atoms with Gasteiger partial charge in [0.2, 0.25) is 10.0 Å². The molecule has 0 aliphatic heterocycles. The van der Waals surface area contributed by atoms with E-state index in [1.54, 1.807) is 0 Å². The second-order valence-electron chi connectivity index (χ2n) is 3.10. The molecule has 0 aliphatic carbocycles. The number of carboxylic acids is 1. The van der Waals surface area contributed by atoms with Crippen molar-refractivity contribution in [1.82, 2.24) is 0 Å². The van der Waals surface area contributed by atoms with Gasteiger partial charge < -0.3 is 9.84 Å². The number of nitrogens with one attached hydrogen (secondary N) is 1. The normalized spacial score (nSPS) is 10.9. The van der Waals surface area contributed by atoms with Gasteiger partial charge in [-0.3, -0.25) is 9.52 Å². The second-order valence-corrected chi connectivity index (χ2v) is 5.23. The van der Waals surface area contributed by atoms with Gasteiger partial charge >= 0.3 is 5.97 Å². The molecule has 0 radical (unpaired) electrons. The van der Waals surface area contributed by atoms with E-state index in [1.165, 1.54) is 25.3 Å². The molecule has 1 aromatic rings. The molecule has 1 rings (SSSR count). The molecule has 1 aromatic carbocycles. The number of ether oxygens (including phenoxy) is 1. The van der Waals surface area contributed by atoms with Crippen LogP contribution in [0, 0.1) is 0 Å². The van der Waals surface area contributed by atoms with Gasteiger partial charge in [0.1, 0.15) is 5.75 Å². The molecule has 2 N–H and O–H groups in total. The van der Waals surface area contributed by atoms with Crippen molar-refractivity contribution in [2.75, 3.05) is 17.6 Å². The lowest BCUT2D eigenvalue weighted by molar-refractivity contribution is -0.134. The van der Waals surface area contributed by atoms with Gasteiger partial charge in [-0.25, -0.2) is 8.42 Å². The third-order valence-electron chi connectivity index (χ3n) is 1.74. The van der Waals surface area contributed by atoms with Crippen LogP contribution in [0.4, 0.5) is 5.69 Å². The van der Waals surface area contributed by atoms with Gasteiger partial charge in [0.05, 0.1) is 17.8 Å². The van der Waals surface area contributed by atoms with Crippen LogP contribution in [-0.2, 0) is 14.8 Å². The summed E-state index contributed by atoms with van der Waals surface area (Å²) in [5.41, 5.74) is 0.178. The molecule has 0 aromatic heterocycles. The number of methoxy groups -OCH3 is 1. The number of halogens is 1. The number of rotatable bonds is 5. The minimum absolute atomic E-state index is 0.178. The SMILES string of the molecule is COc1ccc(NS(=O)(=O)CC(=O)O)cc1Cl. The average molecular weight is 280 g/mol. The summed E-state index contributed by atoms with van der Waals surface area (Å²) in [6.07, 6.45) is 0. The average Bonchev–Trinajstić information content (AvgIpc) is 2.14. The number of aliphatic carboxylic acids is 1. The lowest BCUT2D eigenvalue weighted by atomic mass is 10.3. The molecular formula is C9H10ClNO5S. The number of sulfonamides is 1. The summed E-state index contributed by atoms with van der Waals surface area (Å²) in [4.78, 5) is 10.3. The molecule has 6 nitrogen and oxygen atoms in total. The van der Waals surface area contributed by atoms with Crippen LogP contribution in [-0.4, -0.2) is 32.4 Å². The summed E-state index contributed by atoms with van der Waals surface area (Å²) >= 11 is 5.79. The third kappa shape index (κ3) is 4.12. The summed E-state index contributed by atoms with van der Waals surface area (Å²) in [5, 5.41) is 8.62. The third-order valence-corrected chi connectivity index (χ3v) is 3.21. The summed E-state index contributed by atoms with van der Waals surface area (Å²) in [6, 6.07) is 4.23. The van der Waals surface area contributed by atoms with E-state index in [9.17, 15) is 13.2 Å². The fourth-order valence-corrected chi connectivity index (χ4v) is 2.25. The van der Waals surface area contributed by atoms with Crippen LogP contribution in [0.2, 0.25) is 5.02 Å². The molecule has 17 heavy (non-hydrogen) atoms. The first-order valence-corrected chi connectivity index (χ1v) is 6.43. The molecule has 0 amide bonds. The number of carbonyl (C=O) groups is 1. The predicted molar refractivity (Wildman–Crippen MR) is 63.0 cm³/mol. The van der Waals surface area contributed by atoms with Crippen molar-refractivity contribution in [3.63, 3.8) is 0 Å². The molecule has 0 unspecified atom stereocenters. The summed E-state index contributed by atoms with van der Waals surface area (Å²) in [6.45, 7) is 0. The molecule has 0 aliphatic rings. The summed E-state index contributed by atoms with van der Waals surface area (Å²) in [7, 11) is -2.49. The molecule has 0 spiro atoms. The fourth-order valence-electron chi connectivity index (χ4n) is 1.11. The van der Waals surface area contributed by atoms with E-state index in [2.05, 4.69) is 4.72 Å². The monoisotopic (exact) mass is 279 g/mol. The Balaban J connectivity index is 2.89. The highest BCUT2D eigenvalue weighted by Crippen LogP contribution is 2.27. The summed E-state index contributed by atoms with van der Waals surface area (Å²) in [5.74, 6) is -2.04. The number of hydrogen-bond acceptors (Lipinski definition) is 4. The maximum Gasteiger partial charge on any atom is 0.320 e. The zero-order valence-electron chi connectivity index (χ0n) is 8.81. The first kappa shape index (κ1) is 13.6. The van der Waals surface area contributed by atoms with E-state index in [1.807, 2.05) is 0 Å². The zero-order chi connectivity index (χ0) is 13.1. The number of benzene rings is 1. The van der Waals surface area contributed by atoms with Crippen LogP contribution >= 0.6 is 11.6 Å². The molecule has 0 fully saturated rings. The Morgan fingerprint density at radius 1 is 1.53 bits per heavy atom. The van der Waals surface area contributed by atoms with E-state index in [0.717, 1.165) is 0 Å². The topological polar surface area (TPSA) is 92.7 Å². The van der Waals surface area contributed by atoms with Gasteiger partial charge in [-0.1, -0.05) is 11.6 Å². The smallest absolute Gasteiger partial charge is 0.320 e. The van der Waals surface area contributed by atoms with Crippen molar-refractivity contribution in [3.8, 4) is 5.75 Å². The van der Waals surface area contributed by atoms with Crippen LogP contribution in [0.3, 0.4) is 0 Å². The Hall–Kier alpha value is -1.47. The van der Waals surface area contributed by atoms with E-state index < -0.39 is 21.7 Å². The number of hydrogen-bond donors (Lipinski definition) is 2. The van der Waals surface area contributed by atoms with Crippen molar-refractivity contribution < 1.29 is 23.1 Å². The largest absolute Gasteiger partial charge is 0.495 e. The highest BCUT2D eigenvalue weighted by Gasteiger charge is 2.16. The maximum atomic E-state index is 11.3. The first-order valence-electron chi connectivity index (χ1n) is 4.40. The van der Waals surface area contributed by atoms with Crippen molar-refractivity contribution in [1.29, 1.82) is 0 Å². The minimum atomic E-state index is -3.92. The maximum absolute atomic E-state index is 11.3. The van der Waals surface area contributed by atoms with Gasteiger partial charge in [-0.05, 0) is 18.2 Å². The molecule has 0 saturated carbocycles. The van der Waals surface area contributed by atoms with E-state index in [4.69, 9.17) is 21.4 Å². The van der Waals surface area contributed by atoms with Gasteiger partial charge in [-0.2, -0.15) is 0 Å². The number of carboxylic acid groups (broad SMARTS) is 1. The van der Waals surface area contributed by atoms with Crippen molar-refractivity contribution in [2.24, 2.45) is 0 Å². The van der Waals surface area contributed by atoms with Gasteiger partial charge in [0, 0.05) is 0 Å². The van der Waals surface area contributed by atoms with Crippen molar-refractivity contribution in [2.45, 2.75) is 0 Å². The van der Waals surface area contributed by atoms with Crippen LogP contribution in [0.25, 0.3) is 0 Å². The fraction of sp³-hybridized carbons (Fsp3) is 0.222. The first-order chi connectivity index (χ1) is 7.84. The summed E-state index contributed by atoms with van der Waals surface area (Å²) < 4.78 is 29.6. The molecule has 0 heterocycles. The lowest BCUT2D eigenvalue weighted by Gasteiger charge is -2.08. The van der Waals surface area contributed by atoms with Crippen LogP contribution < -0.4 is 9.46 Å². The van der Waals surface area contributed by atoms with E-state index >= 15 is 0 Å². The quantitative estimate of drug-likeness (QED) is 0.844. The van der Waals surface area contributed by atoms with Crippen molar-refractivity contribution in [3.05, 3.63) is 23.2 Å². The van der Waals surface area contributed by atoms with Crippen LogP contribution in [0.1, 0.15) is 0 Å². The van der Waals surface area contributed by atoms with Gasteiger partial charge in [0.25, 0.3) is 0 Å². The Kier molecular flexibility index (Phi) is 4.19. The molecule has 0 saturated heterocycles. The van der Waals surface area contributed by atoms with Crippen molar-refractivity contribution >= 4 is 33.3 Å². The zero-order valence-corrected chi connectivity index (χ0v) is 10.4. The molecule has 0 atom stereocenters. The Labute approximate surface area is 103 Å². The van der Waals surface area contributed by atoms with Crippen LogP contribution in [0.15, 0.2) is 18.2 Å². The molecular weight excluding hydrogens is 270 g/mol. The second kappa shape index (κ2) is 5.24. The standard InChI is InChI=1S/C9H10ClNO5S/c1-16-8-3-2-6(4-7(8)10)11-17(14,15)5-9(12)13/h2-4,11H,5H2,1H3,(H,12,13). The van der Waals surface area contributed by atoms with Crippen LogP contribution in [0.5, 0.6) is 5.75 Å². The van der Waals surface area contributed by atoms with Gasteiger partial charge in [-0.15, -0.1) is 0 Å².